The fraction of sp³-hybridized carbons (Fsp3) is 0.174. The van der Waals surface area contributed by atoms with Crippen molar-refractivity contribution in [3.05, 3.63) is 66.5 Å². The third kappa shape index (κ3) is 3.10. The van der Waals surface area contributed by atoms with Crippen molar-refractivity contribution in [1.82, 2.24) is 34.5 Å². The van der Waals surface area contributed by atoms with E-state index < -0.39 is 0 Å². The third-order valence-electron chi connectivity index (χ3n) is 5.61. The lowest BCUT2D eigenvalue weighted by atomic mass is 10.2. The van der Waals surface area contributed by atoms with E-state index in [2.05, 4.69) is 15.2 Å². The molecule has 1 aliphatic rings. The van der Waals surface area contributed by atoms with Crippen LogP contribution in [-0.2, 0) is 6.61 Å². The Morgan fingerprint density at radius 2 is 1.84 bits per heavy atom. The Labute approximate surface area is 183 Å². The molecule has 5 aromatic rings. The quantitative estimate of drug-likeness (QED) is 0.444. The Balaban J connectivity index is 1.56. The van der Waals surface area contributed by atoms with Gasteiger partial charge in [0.05, 0.1) is 30.1 Å². The first-order valence-corrected chi connectivity index (χ1v) is 10.4. The molecule has 6 rings (SSSR count). The summed E-state index contributed by atoms with van der Waals surface area (Å²) in [5.74, 6) is 1.04. The number of hydrogen-bond acceptors (Lipinski definition) is 7. The van der Waals surface area contributed by atoms with Gasteiger partial charge in [0.15, 0.2) is 11.5 Å². The van der Waals surface area contributed by atoms with Crippen molar-refractivity contribution in [2.75, 3.05) is 5.73 Å². The summed E-state index contributed by atoms with van der Waals surface area (Å²) in [6, 6.07) is 15.6. The van der Waals surface area contributed by atoms with Crippen molar-refractivity contribution in [3.8, 4) is 28.5 Å². The summed E-state index contributed by atoms with van der Waals surface area (Å²) >= 11 is 0. The zero-order valence-corrected chi connectivity index (χ0v) is 17.1. The molecule has 0 bridgehead atoms. The standard InChI is InChI=1S/C23H20N8O/c24-21-17(2-1-11-25-21)22-28-19-10-9-18(20-12-26-31(29-20)16-7-8-16)27-23(19)30(22)15-5-3-14(13-32)4-6-15/h1-6,9-12,16,32H,7-8,13H2,(H2,24,25). The van der Waals surface area contributed by atoms with Crippen LogP contribution in [0.3, 0.4) is 0 Å². The van der Waals surface area contributed by atoms with E-state index in [0.29, 0.717) is 23.3 Å². The van der Waals surface area contributed by atoms with Crippen molar-refractivity contribution in [1.29, 1.82) is 0 Å². The molecule has 4 heterocycles. The smallest absolute Gasteiger partial charge is 0.165 e. The number of rotatable bonds is 5. The van der Waals surface area contributed by atoms with E-state index in [0.717, 1.165) is 46.6 Å². The molecule has 32 heavy (non-hydrogen) atoms. The Morgan fingerprint density at radius 3 is 2.59 bits per heavy atom. The first-order chi connectivity index (χ1) is 15.7. The first-order valence-electron chi connectivity index (χ1n) is 10.4. The number of aromatic nitrogens is 7. The molecule has 1 fully saturated rings. The second-order valence-electron chi connectivity index (χ2n) is 7.85. The fourth-order valence-electron chi connectivity index (χ4n) is 3.76. The van der Waals surface area contributed by atoms with Crippen LogP contribution in [0.15, 0.2) is 60.9 Å². The minimum absolute atomic E-state index is 0.0214. The van der Waals surface area contributed by atoms with Gasteiger partial charge in [-0.2, -0.15) is 15.0 Å². The first kappa shape index (κ1) is 18.6. The van der Waals surface area contributed by atoms with Gasteiger partial charge in [-0.15, -0.1) is 0 Å². The van der Waals surface area contributed by atoms with Crippen molar-refractivity contribution in [2.45, 2.75) is 25.5 Å². The number of imidazole rings is 1. The minimum Gasteiger partial charge on any atom is -0.392 e. The molecular weight excluding hydrogens is 404 g/mol. The number of anilines is 1. The molecule has 1 saturated carbocycles. The molecular formula is C23H20N8O. The molecule has 4 aromatic heterocycles. The zero-order chi connectivity index (χ0) is 21.7. The predicted octanol–water partition coefficient (Wildman–Crippen LogP) is 3.15. The summed E-state index contributed by atoms with van der Waals surface area (Å²) in [5.41, 5.74) is 11.4. The summed E-state index contributed by atoms with van der Waals surface area (Å²) in [4.78, 5) is 15.7. The highest BCUT2D eigenvalue weighted by Crippen LogP contribution is 2.34. The van der Waals surface area contributed by atoms with Crippen molar-refractivity contribution in [2.24, 2.45) is 0 Å². The average Bonchev–Trinajstić information content (AvgIpc) is 3.44. The molecule has 9 nitrogen and oxygen atoms in total. The summed E-state index contributed by atoms with van der Waals surface area (Å²) in [6.45, 7) is -0.0214. The molecule has 0 radical (unpaired) electrons. The lowest BCUT2D eigenvalue weighted by molar-refractivity contribution is 0.282. The van der Waals surface area contributed by atoms with E-state index >= 15 is 0 Å². The van der Waals surface area contributed by atoms with E-state index in [9.17, 15) is 5.11 Å². The number of pyridine rings is 2. The van der Waals surface area contributed by atoms with Crippen LogP contribution in [0.2, 0.25) is 0 Å². The predicted molar refractivity (Wildman–Crippen MR) is 120 cm³/mol. The monoisotopic (exact) mass is 424 g/mol. The SMILES string of the molecule is Nc1ncccc1-c1nc2ccc(-c3cnn(C4CC4)n3)nc2n1-c1ccc(CO)cc1. The lowest BCUT2D eigenvalue weighted by Gasteiger charge is -2.11. The van der Waals surface area contributed by atoms with Crippen LogP contribution < -0.4 is 5.73 Å². The molecule has 0 spiro atoms. The third-order valence-corrected chi connectivity index (χ3v) is 5.61. The van der Waals surface area contributed by atoms with Crippen LogP contribution in [0.4, 0.5) is 5.82 Å². The number of fused-ring (bicyclic) bond motifs is 1. The Morgan fingerprint density at radius 1 is 1.00 bits per heavy atom. The molecule has 0 atom stereocenters. The number of aliphatic hydroxyl groups is 1. The van der Waals surface area contributed by atoms with Gasteiger partial charge < -0.3 is 10.8 Å². The highest BCUT2D eigenvalue weighted by atomic mass is 16.3. The largest absolute Gasteiger partial charge is 0.392 e. The zero-order valence-electron chi connectivity index (χ0n) is 17.1. The molecule has 0 saturated heterocycles. The molecule has 0 unspecified atom stereocenters. The Hall–Kier alpha value is -4.11. The van der Waals surface area contributed by atoms with E-state index in [1.54, 1.807) is 17.2 Å². The topological polar surface area (TPSA) is 121 Å². The van der Waals surface area contributed by atoms with Gasteiger partial charge in [0.2, 0.25) is 0 Å². The van der Waals surface area contributed by atoms with Gasteiger partial charge in [0.1, 0.15) is 17.0 Å². The minimum atomic E-state index is -0.0214. The molecule has 3 N–H and O–H groups in total. The van der Waals surface area contributed by atoms with Gasteiger partial charge in [-0.05, 0) is 54.8 Å². The molecule has 9 heteroatoms. The van der Waals surface area contributed by atoms with Crippen LogP contribution in [0, 0.1) is 0 Å². The van der Waals surface area contributed by atoms with Crippen molar-refractivity contribution in [3.63, 3.8) is 0 Å². The maximum atomic E-state index is 9.44. The summed E-state index contributed by atoms with van der Waals surface area (Å²) in [7, 11) is 0. The Kier molecular flexibility index (Phi) is 4.22. The van der Waals surface area contributed by atoms with E-state index in [1.165, 1.54) is 0 Å². The van der Waals surface area contributed by atoms with Crippen LogP contribution in [0.25, 0.3) is 39.6 Å². The number of nitrogen functional groups attached to an aromatic ring is 1. The lowest BCUT2D eigenvalue weighted by Crippen LogP contribution is -2.02. The van der Waals surface area contributed by atoms with E-state index in [1.807, 2.05) is 53.1 Å². The van der Waals surface area contributed by atoms with Crippen LogP contribution >= 0.6 is 0 Å². The number of nitrogens with two attached hydrogens (primary N) is 1. The van der Waals surface area contributed by atoms with Gasteiger partial charge in [0.25, 0.3) is 0 Å². The summed E-state index contributed by atoms with van der Waals surface area (Å²) in [6.07, 6.45) is 5.64. The maximum Gasteiger partial charge on any atom is 0.165 e. The van der Waals surface area contributed by atoms with Gasteiger partial charge >= 0.3 is 0 Å². The number of hydrogen-bond donors (Lipinski definition) is 2. The van der Waals surface area contributed by atoms with Crippen molar-refractivity contribution < 1.29 is 5.11 Å². The van der Waals surface area contributed by atoms with Gasteiger partial charge in [-0.1, -0.05) is 12.1 Å². The molecule has 158 valence electrons. The van der Waals surface area contributed by atoms with E-state index in [-0.39, 0.29) is 6.61 Å². The van der Waals surface area contributed by atoms with Gasteiger partial charge in [-0.25, -0.2) is 15.0 Å². The van der Waals surface area contributed by atoms with Gasteiger partial charge in [0, 0.05) is 11.9 Å². The van der Waals surface area contributed by atoms with Crippen LogP contribution in [0.5, 0.6) is 0 Å². The average molecular weight is 424 g/mol. The van der Waals surface area contributed by atoms with E-state index in [4.69, 9.17) is 15.7 Å². The fourth-order valence-corrected chi connectivity index (χ4v) is 3.76. The number of aliphatic hydroxyl groups excluding tert-OH is 1. The second-order valence-corrected chi connectivity index (χ2v) is 7.85. The molecule has 0 aliphatic heterocycles. The Bertz CT molecular complexity index is 1430. The second kappa shape index (κ2) is 7.24. The number of benzene rings is 1. The van der Waals surface area contributed by atoms with Crippen molar-refractivity contribution >= 4 is 17.0 Å². The maximum absolute atomic E-state index is 9.44. The molecule has 0 amide bonds. The van der Waals surface area contributed by atoms with Crippen LogP contribution in [-0.4, -0.2) is 39.6 Å². The highest BCUT2D eigenvalue weighted by Gasteiger charge is 2.26. The summed E-state index contributed by atoms with van der Waals surface area (Å²) < 4.78 is 1.96. The van der Waals surface area contributed by atoms with Crippen LogP contribution in [0.1, 0.15) is 24.4 Å². The van der Waals surface area contributed by atoms with Gasteiger partial charge in [-0.3, -0.25) is 4.57 Å². The highest BCUT2D eigenvalue weighted by molar-refractivity contribution is 5.84. The molecule has 1 aliphatic carbocycles. The summed E-state index contributed by atoms with van der Waals surface area (Å²) in [5, 5.41) is 18.4. The molecule has 1 aromatic carbocycles. The normalized spacial score (nSPS) is 13.7. The number of nitrogens with zero attached hydrogens (tertiary/aromatic N) is 7.